The van der Waals surface area contributed by atoms with Gasteiger partial charge in [0, 0.05) is 25.5 Å². The fraction of sp³-hybridized carbons (Fsp3) is 0.294. The summed E-state index contributed by atoms with van der Waals surface area (Å²) in [6.07, 6.45) is 2.68. The molecule has 0 atom stereocenters. The van der Waals surface area contributed by atoms with Crippen LogP contribution in [-0.2, 0) is 0 Å². The van der Waals surface area contributed by atoms with E-state index in [9.17, 15) is 4.79 Å². The summed E-state index contributed by atoms with van der Waals surface area (Å²) in [4.78, 5) is 18.6. The van der Waals surface area contributed by atoms with Crippen LogP contribution in [-0.4, -0.2) is 24.5 Å². The molecule has 1 heterocycles. The molecular weight excluding hydrogens is 262 g/mol. The molecule has 0 unspecified atom stereocenters. The van der Waals surface area contributed by atoms with Crippen molar-refractivity contribution >= 4 is 17.4 Å². The third-order valence-electron chi connectivity index (χ3n) is 3.27. The Kier molecular flexibility index (Phi) is 4.93. The molecule has 2 aromatic rings. The second-order valence-electron chi connectivity index (χ2n) is 5.03. The molecule has 0 aliphatic carbocycles. The Morgan fingerprint density at radius 1 is 1.29 bits per heavy atom. The number of nitrogens with one attached hydrogen (secondary N) is 1. The van der Waals surface area contributed by atoms with E-state index in [1.54, 1.807) is 30.3 Å². The van der Waals surface area contributed by atoms with E-state index in [0.717, 1.165) is 24.2 Å². The van der Waals surface area contributed by atoms with E-state index < -0.39 is 0 Å². The van der Waals surface area contributed by atoms with Gasteiger partial charge >= 0.3 is 0 Å². The molecule has 4 nitrogen and oxygen atoms in total. The lowest BCUT2D eigenvalue weighted by Gasteiger charge is -2.19. The number of carbonyl (C=O) groups excluding carboxylic acids is 1. The zero-order valence-electron chi connectivity index (χ0n) is 12.8. The van der Waals surface area contributed by atoms with Crippen molar-refractivity contribution in [3.05, 3.63) is 53.7 Å². The Morgan fingerprint density at radius 3 is 2.81 bits per heavy atom. The van der Waals surface area contributed by atoms with Crippen molar-refractivity contribution in [1.29, 1.82) is 0 Å². The van der Waals surface area contributed by atoms with Crippen LogP contribution >= 0.6 is 0 Å². The van der Waals surface area contributed by atoms with Crippen LogP contribution in [0.4, 0.5) is 11.5 Å². The van der Waals surface area contributed by atoms with Crippen molar-refractivity contribution in [3.63, 3.8) is 0 Å². The lowest BCUT2D eigenvalue weighted by atomic mass is 10.1. The normalized spacial score (nSPS) is 10.2. The zero-order chi connectivity index (χ0) is 15.2. The first kappa shape index (κ1) is 15.0. The van der Waals surface area contributed by atoms with Gasteiger partial charge in [-0.1, -0.05) is 19.1 Å². The van der Waals surface area contributed by atoms with Gasteiger partial charge in [-0.05, 0) is 43.2 Å². The molecule has 0 spiro atoms. The number of anilines is 2. The maximum atomic E-state index is 12.7. The van der Waals surface area contributed by atoms with Crippen LogP contribution < -0.4 is 10.2 Å². The summed E-state index contributed by atoms with van der Waals surface area (Å²) in [5.41, 5.74) is 2.60. The maximum absolute atomic E-state index is 12.7. The van der Waals surface area contributed by atoms with Crippen LogP contribution in [0.5, 0.6) is 0 Å². The largest absolute Gasteiger partial charge is 0.369 e. The molecule has 0 saturated carbocycles. The minimum Gasteiger partial charge on any atom is -0.369 e. The Morgan fingerprint density at radius 2 is 2.10 bits per heavy atom. The Labute approximate surface area is 125 Å². The topological polar surface area (TPSA) is 45.2 Å². The van der Waals surface area contributed by atoms with Crippen LogP contribution in [0.3, 0.4) is 0 Å². The molecule has 0 radical (unpaired) electrons. The van der Waals surface area contributed by atoms with E-state index in [-0.39, 0.29) is 5.91 Å². The van der Waals surface area contributed by atoms with Gasteiger partial charge in [0.1, 0.15) is 5.82 Å². The predicted octanol–water partition coefficient (Wildman–Crippen LogP) is 3.49. The van der Waals surface area contributed by atoms with Crippen LogP contribution in [0.25, 0.3) is 0 Å². The number of carbonyl (C=O) groups is 1. The summed E-state index contributed by atoms with van der Waals surface area (Å²) in [7, 11) is 1.79. The van der Waals surface area contributed by atoms with Gasteiger partial charge in [-0.2, -0.15) is 0 Å². The standard InChI is InChI=1S/C17H21N3O/c1-4-10-18-16-15(9-6-11-19-16)17(21)20(3)14-8-5-7-13(2)12-14/h5-9,11-12H,4,10H2,1-3H3,(H,18,19). The summed E-state index contributed by atoms with van der Waals surface area (Å²) < 4.78 is 0. The summed E-state index contributed by atoms with van der Waals surface area (Å²) in [6.45, 7) is 4.89. The average molecular weight is 283 g/mol. The first-order chi connectivity index (χ1) is 10.1. The highest BCUT2D eigenvalue weighted by molar-refractivity contribution is 6.08. The number of rotatable bonds is 5. The molecular formula is C17H21N3O. The molecule has 0 aliphatic heterocycles. The number of amides is 1. The SMILES string of the molecule is CCCNc1ncccc1C(=O)N(C)c1cccc(C)c1. The summed E-state index contributed by atoms with van der Waals surface area (Å²) in [5, 5.41) is 3.20. The minimum atomic E-state index is -0.0627. The smallest absolute Gasteiger partial charge is 0.261 e. The van der Waals surface area contributed by atoms with Gasteiger partial charge in [-0.3, -0.25) is 4.79 Å². The number of hydrogen-bond acceptors (Lipinski definition) is 3. The van der Waals surface area contributed by atoms with Crippen LogP contribution in [0, 0.1) is 6.92 Å². The fourth-order valence-electron chi connectivity index (χ4n) is 2.10. The van der Waals surface area contributed by atoms with Crippen molar-refractivity contribution < 1.29 is 4.79 Å². The Balaban J connectivity index is 2.27. The molecule has 0 aliphatic rings. The molecule has 4 heteroatoms. The highest BCUT2D eigenvalue weighted by Crippen LogP contribution is 2.20. The van der Waals surface area contributed by atoms with E-state index >= 15 is 0 Å². The second kappa shape index (κ2) is 6.88. The van der Waals surface area contributed by atoms with Gasteiger partial charge in [0.15, 0.2) is 0 Å². The van der Waals surface area contributed by atoms with Gasteiger partial charge in [-0.25, -0.2) is 4.98 Å². The Bertz CT molecular complexity index is 625. The lowest BCUT2D eigenvalue weighted by molar-refractivity contribution is 0.0993. The van der Waals surface area contributed by atoms with E-state index in [2.05, 4.69) is 17.2 Å². The van der Waals surface area contributed by atoms with Crippen LogP contribution in [0.15, 0.2) is 42.6 Å². The molecule has 1 aromatic carbocycles. The van der Waals surface area contributed by atoms with Gasteiger partial charge in [0.05, 0.1) is 5.56 Å². The molecule has 0 bridgehead atoms. The van der Waals surface area contributed by atoms with E-state index in [4.69, 9.17) is 0 Å². The second-order valence-corrected chi connectivity index (χ2v) is 5.03. The number of hydrogen-bond donors (Lipinski definition) is 1. The van der Waals surface area contributed by atoms with E-state index in [0.29, 0.717) is 11.4 Å². The van der Waals surface area contributed by atoms with Gasteiger partial charge in [-0.15, -0.1) is 0 Å². The number of benzene rings is 1. The molecule has 0 fully saturated rings. The van der Waals surface area contributed by atoms with E-state index in [1.165, 1.54) is 0 Å². The third-order valence-corrected chi connectivity index (χ3v) is 3.27. The Hall–Kier alpha value is -2.36. The monoisotopic (exact) mass is 283 g/mol. The van der Waals surface area contributed by atoms with Gasteiger partial charge in [0.25, 0.3) is 5.91 Å². The quantitative estimate of drug-likeness (QED) is 0.913. The van der Waals surface area contributed by atoms with Crippen molar-refractivity contribution in [1.82, 2.24) is 4.98 Å². The summed E-state index contributed by atoms with van der Waals surface area (Å²) in [6, 6.07) is 11.5. The van der Waals surface area contributed by atoms with Crippen molar-refractivity contribution in [2.75, 3.05) is 23.8 Å². The molecule has 1 N–H and O–H groups in total. The predicted molar refractivity (Wildman–Crippen MR) is 86.9 cm³/mol. The number of aromatic nitrogens is 1. The van der Waals surface area contributed by atoms with Crippen LogP contribution in [0.1, 0.15) is 29.3 Å². The first-order valence-corrected chi connectivity index (χ1v) is 7.17. The molecule has 110 valence electrons. The summed E-state index contributed by atoms with van der Waals surface area (Å²) in [5.74, 6) is 0.580. The zero-order valence-corrected chi connectivity index (χ0v) is 12.8. The number of pyridine rings is 1. The van der Waals surface area contributed by atoms with Crippen molar-refractivity contribution in [2.24, 2.45) is 0 Å². The van der Waals surface area contributed by atoms with Crippen molar-refractivity contribution in [2.45, 2.75) is 20.3 Å². The van der Waals surface area contributed by atoms with Gasteiger partial charge in [0.2, 0.25) is 0 Å². The molecule has 0 saturated heterocycles. The maximum Gasteiger partial charge on any atom is 0.261 e. The average Bonchev–Trinajstić information content (AvgIpc) is 2.51. The number of aryl methyl sites for hydroxylation is 1. The number of nitrogens with zero attached hydrogens (tertiary/aromatic N) is 2. The highest BCUT2D eigenvalue weighted by Gasteiger charge is 2.17. The molecule has 2 rings (SSSR count). The van der Waals surface area contributed by atoms with Gasteiger partial charge < -0.3 is 10.2 Å². The van der Waals surface area contributed by atoms with Crippen molar-refractivity contribution in [3.8, 4) is 0 Å². The molecule has 21 heavy (non-hydrogen) atoms. The summed E-state index contributed by atoms with van der Waals surface area (Å²) >= 11 is 0. The fourth-order valence-corrected chi connectivity index (χ4v) is 2.10. The lowest BCUT2D eigenvalue weighted by Crippen LogP contribution is -2.27. The molecule has 1 aromatic heterocycles. The van der Waals surface area contributed by atoms with E-state index in [1.807, 2.05) is 31.2 Å². The first-order valence-electron chi connectivity index (χ1n) is 7.17. The highest BCUT2D eigenvalue weighted by atomic mass is 16.2. The van der Waals surface area contributed by atoms with Crippen LogP contribution in [0.2, 0.25) is 0 Å². The third kappa shape index (κ3) is 3.60. The molecule has 1 amide bonds. The minimum absolute atomic E-state index is 0.0627.